The molecule has 0 saturated carbocycles. The maximum atomic E-state index is 10.9. The summed E-state index contributed by atoms with van der Waals surface area (Å²) in [6.45, 7) is 0. The topological polar surface area (TPSA) is 86.3 Å². The van der Waals surface area contributed by atoms with E-state index in [4.69, 9.17) is 0 Å². The Morgan fingerprint density at radius 2 is 1.09 bits per heavy atom. The summed E-state index contributed by atoms with van der Waals surface area (Å²) in [5.41, 5.74) is 1.81. The van der Waals surface area contributed by atoms with Gasteiger partial charge < -0.3 is 0 Å². The van der Waals surface area contributed by atoms with Gasteiger partial charge in [0, 0.05) is 0 Å². The molecule has 0 N–H and O–H groups in total. The van der Waals surface area contributed by atoms with E-state index in [2.05, 4.69) is 0 Å². The molecule has 0 atom stereocenters. The number of rotatable bonds is 7. The van der Waals surface area contributed by atoms with Gasteiger partial charge in [0.15, 0.2) is 0 Å². The van der Waals surface area contributed by atoms with Gasteiger partial charge in [-0.2, -0.15) is 0 Å². The summed E-state index contributed by atoms with van der Waals surface area (Å²) in [5.74, 6) is 0. The molecule has 0 aromatic heterocycles. The summed E-state index contributed by atoms with van der Waals surface area (Å²) in [7, 11) is 0. The van der Waals surface area contributed by atoms with Crippen LogP contribution in [0.25, 0.3) is 0 Å². The number of nitro benzene ring substituents is 2. The fraction of sp³-hybridized carbons (Fsp3) is 0.143. The summed E-state index contributed by atoms with van der Waals surface area (Å²) < 4.78 is 0. The van der Waals surface area contributed by atoms with Crippen LogP contribution in [0.5, 0.6) is 0 Å². The van der Waals surface area contributed by atoms with Gasteiger partial charge in [0.25, 0.3) is 0 Å². The first-order valence-electron chi connectivity index (χ1n) is 6.28. The van der Waals surface area contributed by atoms with Crippen LogP contribution in [0.15, 0.2) is 48.5 Å². The molecule has 0 saturated heterocycles. The van der Waals surface area contributed by atoms with Crippen molar-refractivity contribution in [2.45, 2.75) is 10.6 Å². The van der Waals surface area contributed by atoms with Gasteiger partial charge >= 0.3 is 138 Å². The predicted octanol–water partition coefficient (Wildman–Crippen LogP) is 2.53. The normalized spacial score (nSPS) is 10.4. The van der Waals surface area contributed by atoms with E-state index in [-0.39, 0.29) is 47.5 Å². The van der Waals surface area contributed by atoms with Gasteiger partial charge in [0.1, 0.15) is 0 Å². The van der Waals surface area contributed by atoms with Crippen molar-refractivity contribution in [2.75, 3.05) is 0 Å². The van der Waals surface area contributed by atoms with Crippen LogP contribution < -0.4 is 0 Å². The third-order valence-electron chi connectivity index (χ3n) is 2.89. The Bertz CT molecular complexity index is 635. The number of hydrogen-bond donors (Lipinski definition) is 0. The number of nitrogens with zero attached hydrogens (tertiary/aromatic N) is 2. The molecule has 0 fully saturated rings. The third kappa shape index (κ3) is 4.38. The molecule has 0 heterocycles. The SMILES string of the molecule is O=[N+]([O-])c1ccccc1C[Se][Se]Cc1ccccc1[N+](=O)[O-]. The first-order valence-corrected chi connectivity index (χ1v) is 13.0. The van der Waals surface area contributed by atoms with Crippen molar-refractivity contribution in [2.24, 2.45) is 0 Å². The number of benzene rings is 2. The van der Waals surface area contributed by atoms with E-state index in [9.17, 15) is 20.2 Å². The van der Waals surface area contributed by atoms with E-state index in [0.717, 1.165) is 11.1 Å². The van der Waals surface area contributed by atoms with Crippen molar-refractivity contribution in [1.82, 2.24) is 0 Å². The second-order valence-corrected chi connectivity index (χ2v) is 11.6. The molecular formula is C14H12N2O4Se2. The molecule has 0 unspecified atom stereocenters. The zero-order valence-corrected chi connectivity index (χ0v) is 14.8. The summed E-state index contributed by atoms with van der Waals surface area (Å²) in [5, 5.41) is 23.2. The van der Waals surface area contributed by atoms with E-state index in [1.807, 2.05) is 0 Å². The number of para-hydroxylation sites is 2. The fourth-order valence-electron chi connectivity index (χ4n) is 1.83. The van der Waals surface area contributed by atoms with Crippen LogP contribution in [0.4, 0.5) is 11.4 Å². The van der Waals surface area contributed by atoms with Crippen molar-refractivity contribution < 1.29 is 9.85 Å². The summed E-state index contributed by atoms with van der Waals surface area (Å²) >= 11 is 0.450. The summed E-state index contributed by atoms with van der Waals surface area (Å²) in [4.78, 5) is 21.2. The molecule has 0 radical (unpaired) electrons. The zero-order valence-electron chi connectivity index (χ0n) is 11.4. The van der Waals surface area contributed by atoms with Gasteiger partial charge in [0.05, 0.1) is 0 Å². The van der Waals surface area contributed by atoms with Gasteiger partial charge in [-0.05, 0) is 0 Å². The van der Waals surface area contributed by atoms with Crippen LogP contribution in [-0.4, -0.2) is 36.1 Å². The van der Waals surface area contributed by atoms with Crippen LogP contribution in [0.3, 0.4) is 0 Å². The van der Waals surface area contributed by atoms with Crippen molar-refractivity contribution >= 4 is 37.6 Å². The minimum atomic E-state index is -0.361. The second-order valence-electron chi connectivity index (χ2n) is 4.30. The van der Waals surface area contributed by atoms with Gasteiger partial charge in [0.2, 0.25) is 0 Å². The minimum absolute atomic E-state index is 0.158. The third-order valence-corrected chi connectivity index (χ3v) is 9.42. The monoisotopic (exact) mass is 432 g/mol. The molecule has 0 aliphatic carbocycles. The van der Waals surface area contributed by atoms with E-state index >= 15 is 0 Å². The first kappa shape index (κ1) is 16.6. The number of nitro groups is 2. The van der Waals surface area contributed by atoms with Crippen LogP contribution >= 0.6 is 0 Å². The van der Waals surface area contributed by atoms with Crippen LogP contribution in [0.2, 0.25) is 0 Å². The standard InChI is InChI=1S/C14H12N2O4Se2/c17-15(18)13-7-3-1-5-11(13)9-21-22-10-12-6-2-4-8-14(12)16(19)20/h1-8H,9-10H2. The maximum absolute atomic E-state index is 10.9. The van der Waals surface area contributed by atoms with E-state index in [1.54, 1.807) is 36.4 Å². The van der Waals surface area contributed by atoms with Gasteiger partial charge in [-0.15, -0.1) is 0 Å². The molecule has 2 rings (SSSR count). The van der Waals surface area contributed by atoms with Gasteiger partial charge in [-0.25, -0.2) is 0 Å². The quantitative estimate of drug-likeness (QED) is 0.293. The van der Waals surface area contributed by atoms with E-state index in [0.29, 0.717) is 10.6 Å². The Kier molecular flexibility index (Phi) is 6.09. The Morgan fingerprint density at radius 3 is 1.45 bits per heavy atom. The average Bonchev–Trinajstić information content (AvgIpc) is 2.52. The molecule has 114 valence electrons. The van der Waals surface area contributed by atoms with Crippen LogP contribution in [0.1, 0.15) is 11.1 Å². The molecule has 8 heteroatoms. The summed E-state index contributed by atoms with van der Waals surface area (Å²) in [6.07, 6.45) is 0. The molecule has 2 aromatic carbocycles. The molecule has 2 aromatic rings. The molecule has 0 amide bonds. The fourth-order valence-corrected chi connectivity index (χ4v) is 8.32. The van der Waals surface area contributed by atoms with Crippen LogP contribution in [0, 0.1) is 20.2 Å². The Balaban J connectivity index is 1.93. The Morgan fingerprint density at radius 1 is 0.727 bits per heavy atom. The zero-order chi connectivity index (χ0) is 15.9. The molecular weight excluding hydrogens is 418 g/mol. The number of hydrogen-bond acceptors (Lipinski definition) is 4. The predicted molar refractivity (Wildman–Crippen MR) is 85.1 cm³/mol. The van der Waals surface area contributed by atoms with Crippen molar-refractivity contribution in [1.29, 1.82) is 0 Å². The van der Waals surface area contributed by atoms with E-state index < -0.39 is 0 Å². The molecule has 0 bridgehead atoms. The van der Waals surface area contributed by atoms with Gasteiger partial charge in [-0.3, -0.25) is 0 Å². The summed E-state index contributed by atoms with van der Waals surface area (Å²) in [6, 6.07) is 13.5. The molecule has 0 aliphatic heterocycles. The van der Waals surface area contributed by atoms with Crippen molar-refractivity contribution in [3.05, 3.63) is 79.9 Å². The van der Waals surface area contributed by atoms with Gasteiger partial charge in [-0.1, -0.05) is 0 Å². The Hall–Kier alpha value is -1.72. The van der Waals surface area contributed by atoms with Crippen molar-refractivity contribution in [3.8, 4) is 0 Å². The second kappa shape index (κ2) is 8.05. The first-order chi connectivity index (χ1) is 10.6. The van der Waals surface area contributed by atoms with Crippen LogP contribution in [-0.2, 0) is 10.6 Å². The van der Waals surface area contributed by atoms with E-state index in [1.165, 1.54) is 12.1 Å². The molecule has 0 aliphatic rings. The van der Waals surface area contributed by atoms with Crippen molar-refractivity contribution in [3.63, 3.8) is 0 Å². The molecule has 22 heavy (non-hydrogen) atoms. The molecule has 6 nitrogen and oxygen atoms in total. The average molecular weight is 430 g/mol. The Labute approximate surface area is 138 Å². The molecule has 0 spiro atoms.